The van der Waals surface area contributed by atoms with Gasteiger partial charge in [0, 0.05) is 19.4 Å². The summed E-state index contributed by atoms with van der Waals surface area (Å²) in [6.45, 7) is 5.55. The summed E-state index contributed by atoms with van der Waals surface area (Å²) in [5.41, 5.74) is 0.727. The van der Waals surface area contributed by atoms with Crippen molar-refractivity contribution in [2.24, 2.45) is 4.99 Å². The summed E-state index contributed by atoms with van der Waals surface area (Å²) < 4.78 is 75.1. The van der Waals surface area contributed by atoms with Crippen LogP contribution < -0.4 is 0 Å². The van der Waals surface area contributed by atoms with E-state index in [1.165, 1.54) is 18.5 Å². The summed E-state index contributed by atoms with van der Waals surface area (Å²) in [5, 5.41) is 6.98. The van der Waals surface area contributed by atoms with E-state index < -0.39 is 24.2 Å². The molecule has 0 bridgehead atoms. The van der Waals surface area contributed by atoms with Gasteiger partial charge in [0.05, 0.1) is 11.9 Å². The van der Waals surface area contributed by atoms with Crippen molar-refractivity contribution < 1.29 is 31.4 Å². The van der Waals surface area contributed by atoms with Crippen molar-refractivity contribution >= 4 is 17.9 Å². The van der Waals surface area contributed by atoms with E-state index in [1.807, 2.05) is 0 Å². The highest BCUT2D eigenvalue weighted by atomic mass is 19.4. The molecule has 12 heteroatoms. The second kappa shape index (κ2) is 8.00. The lowest BCUT2D eigenvalue weighted by atomic mass is 10.2. The van der Waals surface area contributed by atoms with Crippen LogP contribution in [0, 0.1) is 0 Å². The summed E-state index contributed by atoms with van der Waals surface area (Å²) in [6.07, 6.45) is -5.33. The monoisotopic (exact) mass is 405 g/mol. The Hall–Kier alpha value is -2.89. The molecular formula is C16H16F5N5O2. The zero-order chi connectivity index (χ0) is 21.1. The fraction of sp³-hybridized carbons (Fsp3) is 0.375. The van der Waals surface area contributed by atoms with Crippen LogP contribution in [0.25, 0.3) is 11.2 Å². The SMILES string of the molecule is C=N/C(=C\C=C(/C)c1cn2c(C(F)(F)OC)nnc2cn1)O[C@H](C)C(F)(F)F. The number of rotatable bonds is 7. The Kier molecular flexibility index (Phi) is 6.12. The number of halogens is 5. The molecular weight excluding hydrogens is 389 g/mol. The third-order valence-corrected chi connectivity index (χ3v) is 3.60. The fourth-order valence-corrected chi connectivity index (χ4v) is 1.95. The molecule has 2 aromatic rings. The molecule has 28 heavy (non-hydrogen) atoms. The minimum absolute atomic E-state index is 0.0644. The molecule has 0 amide bonds. The molecule has 0 radical (unpaired) electrons. The van der Waals surface area contributed by atoms with Crippen LogP contribution in [-0.4, -0.2) is 45.7 Å². The Morgan fingerprint density at radius 3 is 2.50 bits per heavy atom. The first-order valence-electron chi connectivity index (χ1n) is 7.73. The molecule has 0 aliphatic rings. The number of aromatic nitrogens is 4. The Balaban J connectivity index is 2.34. The summed E-state index contributed by atoms with van der Waals surface area (Å²) >= 11 is 0. The van der Waals surface area contributed by atoms with Crippen LogP contribution in [-0.2, 0) is 15.6 Å². The molecule has 0 aliphatic carbocycles. The lowest BCUT2D eigenvalue weighted by Crippen LogP contribution is -2.27. The van der Waals surface area contributed by atoms with Crippen LogP contribution >= 0.6 is 0 Å². The number of methoxy groups -OCH3 is 1. The lowest BCUT2D eigenvalue weighted by Gasteiger charge is -2.17. The van der Waals surface area contributed by atoms with Gasteiger partial charge in [-0.2, -0.15) is 22.0 Å². The van der Waals surface area contributed by atoms with Gasteiger partial charge in [-0.1, -0.05) is 6.08 Å². The maximum atomic E-state index is 13.8. The highest BCUT2D eigenvalue weighted by molar-refractivity contribution is 5.62. The topological polar surface area (TPSA) is 73.9 Å². The van der Waals surface area contributed by atoms with Crippen molar-refractivity contribution in [1.82, 2.24) is 19.6 Å². The minimum Gasteiger partial charge on any atom is -0.465 e. The smallest absolute Gasteiger partial charge is 0.425 e. The standard InChI is InChI=1S/C16H16F5N5O2/c1-9(5-6-13(22-3)28-10(2)15(17,18)19)11-8-26-12(7-23-11)24-25-14(26)16(20,21)27-4/h5-8,10H,3H2,1-2,4H3/b9-5+,13-6+/t10-/m1/s1. The highest BCUT2D eigenvalue weighted by Gasteiger charge is 2.38. The van der Waals surface area contributed by atoms with E-state index in [-0.39, 0.29) is 17.2 Å². The Labute approximate surface area is 156 Å². The maximum absolute atomic E-state index is 13.8. The van der Waals surface area contributed by atoms with Crippen molar-refractivity contribution in [1.29, 1.82) is 0 Å². The van der Waals surface area contributed by atoms with Crippen molar-refractivity contribution in [2.75, 3.05) is 7.11 Å². The number of aliphatic imine (C=N–C) groups is 1. The van der Waals surface area contributed by atoms with Crippen LogP contribution in [0.4, 0.5) is 22.0 Å². The first-order chi connectivity index (χ1) is 13.0. The van der Waals surface area contributed by atoms with Gasteiger partial charge in [0.15, 0.2) is 11.8 Å². The van der Waals surface area contributed by atoms with Crippen LogP contribution in [0.1, 0.15) is 25.4 Å². The van der Waals surface area contributed by atoms with Gasteiger partial charge in [-0.3, -0.25) is 9.38 Å². The van der Waals surface area contributed by atoms with E-state index in [0.717, 1.165) is 24.5 Å². The van der Waals surface area contributed by atoms with Crippen LogP contribution in [0.2, 0.25) is 0 Å². The van der Waals surface area contributed by atoms with Gasteiger partial charge >= 0.3 is 12.3 Å². The molecule has 0 spiro atoms. The highest BCUT2D eigenvalue weighted by Crippen LogP contribution is 2.28. The number of allylic oxidation sites excluding steroid dienone is 3. The zero-order valence-corrected chi connectivity index (χ0v) is 15.0. The molecule has 7 nitrogen and oxygen atoms in total. The molecule has 0 aromatic carbocycles. The molecule has 0 fully saturated rings. The van der Waals surface area contributed by atoms with Gasteiger partial charge < -0.3 is 9.47 Å². The minimum atomic E-state index is -4.56. The normalized spacial score (nSPS) is 15.0. The molecule has 2 rings (SSSR count). The average Bonchev–Trinajstić information content (AvgIpc) is 3.07. The van der Waals surface area contributed by atoms with Gasteiger partial charge in [0.2, 0.25) is 11.7 Å². The van der Waals surface area contributed by atoms with Crippen molar-refractivity contribution in [3.63, 3.8) is 0 Å². The third-order valence-electron chi connectivity index (χ3n) is 3.60. The van der Waals surface area contributed by atoms with Crippen molar-refractivity contribution in [2.45, 2.75) is 32.2 Å². The molecule has 2 heterocycles. The maximum Gasteiger partial charge on any atom is 0.425 e. The number of hydrogen-bond donors (Lipinski definition) is 0. The molecule has 0 saturated carbocycles. The zero-order valence-electron chi connectivity index (χ0n) is 15.0. The molecule has 0 unspecified atom stereocenters. The van der Waals surface area contributed by atoms with Gasteiger partial charge in [0.1, 0.15) is 0 Å². The number of fused-ring (bicyclic) bond motifs is 1. The fourth-order valence-electron chi connectivity index (χ4n) is 1.95. The second-order valence-electron chi connectivity index (χ2n) is 5.56. The second-order valence-corrected chi connectivity index (χ2v) is 5.56. The average molecular weight is 405 g/mol. The number of nitrogens with zero attached hydrogens (tertiary/aromatic N) is 5. The van der Waals surface area contributed by atoms with Crippen LogP contribution in [0.3, 0.4) is 0 Å². The predicted molar refractivity (Wildman–Crippen MR) is 89.6 cm³/mol. The molecule has 0 N–H and O–H groups in total. The first-order valence-corrected chi connectivity index (χ1v) is 7.73. The summed E-state index contributed by atoms with van der Waals surface area (Å²) in [6, 6.07) is 0. The van der Waals surface area contributed by atoms with Crippen LogP contribution in [0.5, 0.6) is 0 Å². The number of alkyl halides is 5. The quantitative estimate of drug-likeness (QED) is 0.304. The number of hydrogen-bond acceptors (Lipinski definition) is 6. The Bertz CT molecular complexity index is 920. The molecule has 2 aromatic heterocycles. The first kappa shape index (κ1) is 21.4. The van der Waals surface area contributed by atoms with Crippen molar-refractivity contribution in [3.8, 4) is 0 Å². The van der Waals surface area contributed by atoms with Gasteiger partial charge in [0.25, 0.3) is 0 Å². The van der Waals surface area contributed by atoms with Gasteiger partial charge in [-0.05, 0) is 26.1 Å². The number of ether oxygens (including phenoxy) is 2. The predicted octanol–water partition coefficient (Wildman–Crippen LogP) is 3.73. The Morgan fingerprint density at radius 2 is 1.93 bits per heavy atom. The van der Waals surface area contributed by atoms with E-state index >= 15 is 0 Å². The largest absolute Gasteiger partial charge is 0.465 e. The van der Waals surface area contributed by atoms with E-state index in [4.69, 9.17) is 0 Å². The third kappa shape index (κ3) is 4.68. The molecule has 0 saturated heterocycles. The van der Waals surface area contributed by atoms with E-state index in [2.05, 4.69) is 36.4 Å². The van der Waals surface area contributed by atoms with Gasteiger partial charge in [-0.15, -0.1) is 10.2 Å². The van der Waals surface area contributed by atoms with E-state index in [1.54, 1.807) is 6.92 Å². The van der Waals surface area contributed by atoms with Crippen LogP contribution in [0.15, 0.2) is 35.4 Å². The summed E-state index contributed by atoms with van der Waals surface area (Å²) in [4.78, 5) is 7.45. The van der Waals surface area contributed by atoms with E-state index in [9.17, 15) is 22.0 Å². The molecule has 152 valence electrons. The van der Waals surface area contributed by atoms with Crippen molar-refractivity contribution in [3.05, 3.63) is 41.9 Å². The van der Waals surface area contributed by atoms with E-state index in [0.29, 0.717) is 5.57 Å². The summed E-state index contributed by atoms with van der Waals surface area (Å²) in [5.74, 6) is -1.10. The molecule has 0 aliphatic heterocycles. The van der Waals surface area contributed by atoms with Gasteiger partial charge in [-0.25, -0.2) is 4.99 Å². The Morgan fingerprint density at radius 1 is 1.25 bits per heavy atom. The molecule has 1 atom stereocenters. The lowest BCUT2D eigenvalue weighted by molar-refractivity contribution is -0.237. The summed E-state index contributed by atoms with van der Waals surface area (Å²) in [7, 11) is 0.824.